The molecule has 0 atom stereocenters. The van der Waals surface area contributed by atoms with Gasteiger partial charge in [0.05, 0.1) is 0 Å². The van der Waals surface area contributed by atoms with E-state index in [0.717, 1.165) is 0 Å². The average molecular weight is 242 g/mol. The van der Waals surface area contributed by atoms with Crippen LogP contribution in [0.1, 0.15) is 32.0 Å². The first-order valence-electron chi connectivity index (χ1n) is 5.14. The summed E-state index contributed by atoms with van der Waals surface area (Å²) in [4.78, 5) is 51.1. The van der Waals surface area contributed by atoms with E-state index < -0.39 is 22.8 Å². The topological polar surface area (TPSA) is 99.9 Å². The third kappa shape index (κ3) is 1.22. The predicted octanol–water partition coefficient (Wildman–Crippen LogP) is -0.161. The van der Waals surface area contributed by atoms with Crippen LogP contribution < -0.4 is 11.2 Å². The zero-order valence-corrected chi connectivity index (χ0v) is 8.94. The fourth-order valence-electron chi connectivity index (χ4n) is 2.02. The highest BCUT2D eigenvalue weighted by molar-refractivity contribution is 6.27. The lowest BCUT2D eigenvalue weighted by Gasteiger charge is -2.15. The fraction of sp³-hybridized carbons (Fsp3) is 0. The number of rotatable bonds is 0. The van der Waals surface area contributed by atoms with E-state index in [1.807, 2.05) is 4.98 Å². The Balaban J connectivity index is 2.45. The van der Waals surface area contributed by atoms with E-state index >= 15 is 0 Å². The summed E-state index contributed by atoms with van der Waals surface area (Å²) in [5, 5.41) is 0. The number of nitrogens with one attached hydrogen (secondary N) is 2. The van der Waals surface area contributed by atoms with E-state index in [1.54, 1.807) is 12.1 Å². The maximum atomic E-state index is 12.1. The van der Waals surface area contributed by atoms with Gasteiger partial charge in [-0.15, -0.1) is 0 Å². The first-order chi connectivity index (χ1) is 8.59. The summed E-state index contributed by atoms with van der Waals surface area (Å²) in [6.07, 6.45) is 0. The molecule has 0 saturated carbocycles. The van der Waals surface area contributed by atoms with Crippen LogP contribution in [0.4, 0.5) is 0 Å². The van der Waals surface area contributed by atoms with Crippen LogP contribution in [0.5, 0.6) is 0 Å². The molecule has 3 rings (SSSR count). The minimum absolute atomic E-state index is 0.174. The summed E-state index contributed by atoms with van der Waals surface area (Å²) in [6, 6.07) is 6.18. The number of aromatic nitrogens is 2. The molecule has 6 nitrogen and oxygen atoms in total. The summed E-state index contributed by atoms with van der Waals surface area (Å²) in [6.45, 7) is 0. The molecular formula is C12H6N2O4. The highest BCUT2D eigenvalue weighted by Gasteiger charge is 2.32. The number of H-pyrrole nitrogens is 2. The Kier molecular flexibility index (Phi) is 1.94. The lowest BCUT2D eigenvalue weighted by molar-refractivity contribution is 0.0973. The van der Waals surface area contributed by atoms with Crippen molar-refractivity contribution in [2.24, 2.45) is 0 Å². The zero-order valence-electron chi connectivity index (χ0n) is 8.94. The maximum Gasteiger partial charge on any atom is 0.326 e. The summed E-state index contributed by atoms with van der Waals surface area (Å²) in [7, 11) is 0. The SMILES string of the molecule is O=C1c2ccccc2C(=O)c2c1[nH]c(=O)[nH]c2=O. The largest absolute Gasteiger partial charge is 0.326 e. The first-order valence-corrected chi connectivity index (χ1v) is 5.14. The molecule has 1 heterocycles. The van der Waals surface area contributed by atoms with Crippen molar-refractivity contribution in [3.63, 3.8) is 0 Å². The van der Waals surface area contributed by atoms with Crippen LogP contribution in [0.25, 0.3) is 0 Å². The highest BCUT2D eigenvalue weighted by Crippen LogP contribution is 2.22. The molecule has 18 heavy (non-hydrogen) atoms. The predicted molar refractivity (Wildman–Crippen MR) is 61.0 cm³/mol. The van der Waals surface area contributed by atoms with E-state index in [0.29, 0.717) is 0 Å². The standard InChI is InChI=1S/C12H6N2O4/c15-9-5-3-1-2-4-6(5)10(16)8-7(9)11(17)14-12(18)13-8/h1-4H,(H2,13,14,17,18). The van der Waals surface area contributed by atoms with E-state index in [-0.39, 0.29) is 22.4 Å². The third-order valence-electron chi connectivity index (χ3n) is 2.81. The summed E-state index contributed by atoms with van der Waals surface area (Å²) >= 11 is 0. The Morgan fingerprint density at radius 2 is 1.39 bits per heavy atom. The monoisotopic (exact) mass is 242 g/mol. The first kappa shape index (κ1) is 10.4. The second-order valence-electron chi connectivity index (χ2n) is 3.86. The molecule has 6 heteroatoms. The Morgan fingerprint density at radius 1 is 0.778 bits per heavy atom. The van der Waals surface area contributed by atoms with Gasteiger partial charge in [0.25, 0.3) is 5.56 Å². The van der Waals surface area contributed by atoms with Gasteiger partial charge < -0.3 is 4.98 Å². The number of hydrogen-bond donors (Lipinski definition) is 2. The lowest BCUT2D eigenvalue weighted by atomic mass is 9.88. The van der Waals surface area contributed by atoms with Crippen LogP contribution in [-0.2, 0) is 0 Å². The molecule has 0 unspecified atom stereocenters. The normalized spacial score (nSPS) is 13.1. The number of carbonyl (C=O) groups excluding carboxylic acids is 2. The number of hydrogen-bond acceptors (Lipinski definition) is 4. The van der Waals surface area contributed by atoms with Crippen molar-refractivity contribution in [2.75, 3.05) is 0 Å². The van der Waals surface area contributed by atoms with Gasteiger partial charge in [0, 0.05) is 11.1 Å². The van der Waals surface area contributed by atoms with Gasteiger partial charge in [-0.3, -0.25) is 19.4 Å². The molecule has 0 spiro atoms. The second kappa shape index (κ2) is 3.36. The van der Waals surface area contributed by atoms with Crippen LogP contribution in [0.15, 0.2) is 33.9 Å². The summed E-state index contributed by atoms with van der Waals surface area (Å²) in [5.74, 6) is -1.08. The Hall–Kier alpha value is -2.76. The minimum Gasteiger partial charge on any atom is -0.303 e. The van der Waals surface area contributed by atoms with Crippen molar-refractivity contribution in [1.82, 2.24) is 9.97 Å². The minimum atomic E-state index is -0.846. The average Bonchev–Trinajstić information content (AvgIpc) is 2.35. The van der Waals surface area contributed by atoms with E-state index in [1.165, 1.54) is 12.1 Å². The molecule has 0 amide bonds. The molecule has 0 saturated heterocycles. The van der Waals surface area contributed by atoms with Gasteiger partial charge in [0.1, 0.15) is 11.3 Å². The van der Waals surface area contributed by atoms with Crippen LogP contribution in [0.2, 0.25) is 0 Å². The Morgan fingerprint density at radius 3 is 2.06 bits per heavy atom. The van der Waals surface area contributed by atoms with Gasteiger partial charge in [0.15, 0.2) is 0 Å². The van der Waals surface area contributed by atoms with Gasteiger partial charge in [0.2, 0.25) is 11.6 Å². The number of aromatic amines is 2. The molecule has 1 aliphatic carbocycles. The fourth-order valence-corrected chi connectivity index (χ4v) is 2.02. The van der Waals surface area contributed by atoms with Gasteiger partial charge in [-0.1, -0.05) is 24.3 Å². The van der Waals surface area contributed by atoms with Crippen LogP contribution in [0, 0.1) is 0 Å². The number of fused-ring (bicyclic) bond motifs is 2. The molecule has 0 aliphatic heterocycles. The van der Waals surface area contributed by atoms with E-state index in [4.69, 9.17) is 0 Å². The van der Waals surface area contributed by atoms with Crippen LogP contribution in [-0.4, -0.2) is 21.5 Å². The molecule has 0 bridgehead atoms. The number of carbonyl (C=O) groups is 2. The highest BCUT2D eigenvalue weighted by atomic mass is 16.2. The number of benzene rings is 1. The van der Waals surface area contributed by atoms with Crippen molar-refractivity contribution >= 4 is 11.6 Å². The van der Waals surface area contributed by atoms with Gasteiger partial charge in [-0.2, -0.15) is 0 Å². The molecule has 2 N–H and O–H groups in total. The van der Waals surface area contributed by atoms with Crippen molar-refractivity contribution in [2.45, 2.75) is 0 Å². The van der Waals surface area contributed by atoms with E-state index in [9.17, 15) is 19.2 Å². The van der Waals surface area contributed by atoms with Crippen molar-refractivity contribution in [3.05, 3.63) is 67.5 Å². The Labute approximate surface area is 99.3 Å². The van der Waals surface area contributed by atoms with Crippen molar-refractivity contribution < 1.29 is 9.59 Å². The molecular weight excluding hydrogens is 236 g/mol. The van der Waals surface area contributed by atoms with Gasteiger partial charge in [-0.25, -0.2) is 4.79 Å². The van der Waals surface area contributed by atoms with Crippen LogP contribution in [0.3, 0.4) is 0 Å². The second-order valence-corrected chi connectivity index (χ2v) is 3.86. The lowest BCUT2D eigenvalue weighted by Crippen LogP contribution is -2.36. The molecule has 88 valence electrons. The molecule has 1 aromatic carbocycles. The quantitative estimate of drug-likeness (QED) is 0.572. The zero-order chi connectivity index (χ0) is 12.9. The Bertz CT molecular complexity index is 813. The molecule has 1 aromatic heterocycles. The van der Waals surface area contributed by atoms with Gasteiger partial charge >= 0.3 is 5.69 Å². The molecule has 1 aliphatic rings. The molecule has 0 radical (unpaired) electrons. The maximum absolute atomic E-state index is 12.1. The third-order valence-corrected chi connectivity index (χ3v) is 2.81. The van der Waals surface area contributed by atoms with E-state index in [2.05, 4.69) is 4.98 Å². The van der Waals surface area contributed by atoms with Crippen molar-refractivity contribution in [1.29, 1.82) is 0 Å². The molecule has 2 aromatic rings. The van der Waals surface area contributed by atoms with Crippen molar-refractivity contribution in [3.8, 4) is 0 Å². The summed E-state index contributed by atoms with van der Waals surface area (Å²) < 4.78 is 0. The van der Waals surface area contributed by atoms with Gasteiger partial charge in [-0.05, 0) is 0 Å². The van der Waals surface area contributed by atoms with Crippen LogP contribution >= 0.6 is 0 Å². The number of ketones is 2. The summed E-state index contributed by atoms with van der Waals surface area (Å²) in [5.41, 5.74) is -1.84. The smallest absolute Gasteiger partial charge is 0.303 e. The molecule has 0 fully saturated rings.